The van der Waals surface area contributed by atoms with Gasteiger partial charge in [-0.3, -0.25) is 9.78 Å². The molecular formula is C48H45N13O. The topological polar surface area (TPSA) is 154 Å². The molecule has 1 fully saturated rings. The number of nitrogens with zero attached hydrogens (tertiary/aromatic N) is 11. The quantitative estimate of drug-likeness (QED) is 0.115. The van der Waals surface area contributed by atoms with Gasteiger partial charge in [-0.15, -0.1) is 0 Å². The number of aromatic nitrogens is 8. The molecule has 0 radical (unpaired) electrons. The summed E-state index contributed by atoms with van der Waals surface area (Å²) in [6.07, 6.45) is 9.01. The second-order valence-electron chi connectivity index (χ2n) is 14.5. The van der Waals surface area contributed by atoms with E-state index in [0.29, 0.717) is 23.0 Å². The molecule has 1 aliphatic rings. The van der Waals surface area contributed by atoms with Gasteiger partial charge in [-0.2, -0.15) is 9.97 Å². The summed E-state index contributed by atoms with van der Waals surface area (Å²) in [5.74, 6) is 3.82. The van der Waals surface area contributed by atoms with Crippen LogP contribution in [0.2, 0.25) is 0 Å². The fraction of sp³-hybridized carbons (Fsp3) is 0.146. The maximum absolute atomic E-state index is 12.8. The zero-order valence-corrected chi connectivity index (χ0v) is 34.5. The minimum absolute atomic E-state index is 0.204. The molecule has 3 aromatic carbocycles. The Labute approximate surface area is 360 Å². The molecule has 0 saturated carbocycles. The molecule has 5 aromatic heterocycles. The molecule has 9 rings (SSSR count). The number of ketones is 1. The summed E-state index contributed by atoms with van der Waals surface area (Å²) >= 11 is 0. The van der Waals surface area contributed by atoms with Crippen molar-refractivity contribution in [2.45, 2.75) is 6.42 Å². The van der Waals surface area contributed by atoms with E-state index in [4.69, 9.17) is 9.97 Å². The van der Waals surface area contributed by atoms with Crippen LogP contribution < -0.4 is 25.3 Å². The second-order valence-corrected chi connectivity index (χ2v) is 14.5. The minimum atomic E-state index is -0.230. The van der Waals surface area contributed by atoms with Gasteiger partial charge < -0.3 is 25.3 Å². The fourth-order valence-corrected chi connectivity index (χ4v) is 6.79. The first-order valence-electron chi connectivity index (χ1n) is 20.3. The van der Waals surface area contributed by atoms with E-state index in [-0.39, 0.29) is 11.5 Å². The third-order valence-corrected chi connectivity index (χ3v) is 9.97. The smallest absolute Gasteiger partial charge is 0.229 e. The average Bonchev–Trinajstić information content (AvgIpc) is 3.33. The van der Waals surface area contributed by atoms with Gasteiger partial charge in [-0.25, -0.2) is 24.9 Å². The number of para-hydroxylation sites is 1. The normalized spacial score (nSPS) is 12.2. The lowest BCUT2D eigenvalue weighted by molar-refractivity contribution is 0.103. The Kier molecular flexibility index (Phi) is 12.9. The number of pyridine rings is 2. The van der Waals surface area contributed by atoms with Gasteiger partial charge in [0.2, 0.25) is 17.7 Å². The Morgan fingerprint density at radius 1 is 0.597 bits per heavy atom. The lowest BCUT2D eigenvalue weighted by Crippen LogP contribution is -2.47. The van der Waals surface area contributed by atoms with Crippen LogP contribution in [0.15, 0.2) is 164 Å². The van der Waals surface area contributed by atoms with Crippen LogP contribution >= 0.6 is 0 Å². The molecule has 6 heterocycles. The summed E-state index contributed by atoms with van der Waals surface area (Å²) in [6.45, 7) is 3.46. The lowest BCUT2D eigenvalue weighted by Gasteiger charge is -2.35. The SMILES string of the molecule is CN(C)c1cc(Nc2ccccc2Cc2ccccc2)nc(N2CCN(c3ccccn3)CC2)n1.O=C(c1ccccc1)c1nccnc1Nc1nccc(-c2ccccn2)n1. The number of rotatable bonds is 12. The van der Waals surface area contributed by atoms with Gasteiger partial charge in [0.25, 0.3) is 0 Å². The number of nitrogens with one attached hydrogen (secondary N) is 2. The number of piperazine rings is 1. The van der Waals surface area contributed by atoms with Crippen LogP contribution in [0.5, 0.6) is 0 Å². The van der Waals surface area contributed by atoms with E-state index in [9.17, 15) is 4.79 Å². The summed E-state index contributed by atoms with van der Waals surface area (Å²) in [6, 6.07) is 43.3. The highest BCUT2D eigenvalue weighted by Gasteiger charge is 2.22. The molecule has 2 N–H and O–H groups in total. The van der Waals surface area contributed by atoms with Gasteiger partial charge in [0, 0.05) is 88.6 Å². The van der Waals surface area contributed by atoms with Crippen LogP contribution in [0.4, 0.5) is 40.9 Å². The molecule has 0 spiro atoms. The Balaban J connectivity index is 0.000000176. The molecule has 308 valence electrons. The Bertz CT molecular complexity index is 2680. The van der Waals surface area contributed by atoms with E-state index in [1.807, 2.05) is 67.7 Å². The van der Waals surface area contributed by atoms with Crippen LogP contribution in [-0.2, 0) is 6.42 Å². The van der Waals surface area contributed by atoms with E-state index in [0.717, 1.165) is 67.4 Å². The molecule has 0 bridgehead atoms. The number of hydrogen-bond donors (Lipinski definition) is 2. The summed E-state index contributed by atoms with van der Waals surface area (Å²) < 4.78 is 0. The number of carbonyl (C=O) groups is 1. The number of carbonyl (C=O) groups excluding carboxylic acids is 1. The molecule has 1 saturated heterocycles. The van der Waals surface area contributed by atoms with Crippen molar-refractivity contribution in [3.05, 3.63) is 187 Å². The predicted octanol–water partition coefficient (Wildman–Crippen LogP) is 7.90. The molecule has 0 aliphatic carbocycles. The largest absolute Gasteiger partial charge is 0.363 e. The third-order valence-electron chi connectivity index (χ3n) is 9.97. The van der Waals surface area contributed by atoms with E-state index in [2.05, 4.69) is 111 Å². The van der Waals surface area contributed by atoms with Crippen LogP contribution in [0.3, 0.4) is 0 Å². The Hall–Kier alpha value is -8.13. The second kappa shape index (κ2) is 19.7. The fourth-order valence-electron chi connectivity index (χ4n) is 6.79. The van der Waals surface area contributed by atoms with Gasteiger partial charge in [0.05, 0.1) is 11.4 Å². The zero-order chi connectivity index (χ0) is 42.5. The van der Waals surface area contributed by atoms with Crippen LogP contribution in [0.1, 0.15) is 27.2 Å². The number of anilines is 7. The monoisotopic (exact) mass is 819 g/mol. The van der Waals surface area contributed by atoms with Gasteiger partial charge in [-0.1, -0.05) is 91.0 Å². The Morgan fingerprint density at radius 2 is 1.29 bits per heavy atom. The van der Waals surface area contributed by atoms with E-state index in [1.54, 1.807) is 42.7 Å². The van der Waals surface area contributed by atoms with Crippen molar-refractivity contribution in [2.75, 3.05) is 65.6 Å². The van der Waals surface area contributed by atoms with Crippen molar-refractivity contribution in [2.24, 2.45) is 0 Å². The molecule has 14 heteroatoms. The van der Waals surface area contributed by atoms with Crippen molar-refractivity contribution < 1.29 is 4.79 Å². The standard InChI is InChI=1S/C28H31N7.C20H14N6O/c1-33(2)27-21-25(30-24-13-7-6-12-23(24)20-22-10-4-3-5-11-22)31-28(32-27)35-18-16-34(17-19-35)26-14-8-9-15-29-26;27-18(14-6-2-1-3-7-14)17-19(23-13-12-22-17)26-20-24-11-9-16(25-20)15-8-4-5-10-21-15/h3-15,21H,16-20H2,1-2H3,(H,30,31,32);1-13H,(H,23,24,25,26). The predicted molar refractivity (Wildman–Crippen MR) is 244 cm³/mol. The first-order chi connectivity index (χ1) is 30.5. The average molecular weight is 820 g/mol. The maximum atomic E-state index is 12.8. The summed E-state index contributed by atoms with van der Waals surface area (Å²) in [5, 5.41) is 6.57. The summed E-state index contributed by atoms with van der Waals surface area (Å²) in [7, 11) is 4.02. The van der Waals surface area contributed by atoms with Crippen molar-refractivity contribution >= 4 is 46.6 Å². The highest BCUT2D eigenvalue weighted by molar-refractivity contribution is 6.10. The van der Waals surface area contributed by atoms with Gasteiger partial charge in [0.15, 0.2) is 11.5 Å². The number of hydrogen-bond acceptors (Lipinski definition) is 14. The molecule has 14 nitrogen and oxygen atoms in total. The minimum Gasteiger partial charge on any atom is -0.363 e. The van der Waals surface area contributed by atoms with Crippen molar-refractivity contribution in [1.29, 1.82) is 0 Å². The van der Waals surface area contributed by atoms with Gasteiger partial charge in [0.1, 0.15) is 17.5 Å². The van der Waals surface area contributed by atoms with Crippen LogP contribution in [-0.4, -0.2) is 85.9 Å². The zero-order valence-electron chi connectivity index (χ0n) is 34.5. The first kappa shape index (κ1) is 40.6. The van der Waals surface area contributed by atoms with Gasteiger partial charge in [-0.05, 0) is 53.9 Å². The van der Waals surface area contributed by atoms with Crippen molar-refractivity contribution in [1.82, 2.24) is 39.9 Å². The maximum Gasteiger partial charge on any atom is 0.229 e. The van der Waals surface area contributed by atoms with Crippen LogP contribution in [0.25, 0.3) is 11.4 Å². The van der Waals surface area contributed by atoms with Crippen molar-refractivity contribution in [3.63, 3.8) is 0 Å². The Morgan fingerprint density at radius 3 is 2.03 bits per heavy atom. The summed E-state index contributed by atoms with van der Waals surface area (Å²) in [5.41, 5.74) is 5.69. The highest BCUT2D eigenvalue weighted by Crippen LogP contribution is 2.27. The van der Waals surface area contributed by atoms with E-state index >= 15 is 0 Å². The summed E-state index contributed by atoms with van der Waals surface area (Å²) in [4.78, 5) is 55.0. The molecule has 8 aromatic rings. The molecule has 0 atom stereocenters. The lowest BCUT2D eigenvalue weighted by atomic mass is 10.0. The van der Waals surface area contributed by atoms with E-state index in [1.165, 1.54) is 23.5 Å². The number of benzene rings is 3. The molecular weight excluding hydrogens is 775 g/mol. The molecule has 1 aliphatic heterocycles. The molecule has 0 amide bonds. The molecule has 0 unspecified atom stereocenters. The highest BCUT2D eigenvalue weighted by atomic mass is 16.1. The van der Waals surface area contributed by atoms with E-state index < -0.39 is 0 Å². The van der Waals surface area contributed by atoms with Crippen molar-refractivity contribution in [3.8, 4) is 11.4 Å². The first-order valence-corrected chi connectivity index (χ1v) is 20.3. The molecule has 62 heavy (non-hydrogen) atoms. The van der Waals surface area contributed by atoms with Gasteiger partial charge >= 0.3 is 0 Å². The third kappa shape index (κ3) is 10.4. The van der Waals surface area contributed by atoms with Crippen LogP contribution in [0, 0.1) is 0 Å².